The van der Waals surface area contributed by atoms with Crippen molar-refractivity contribution >= 4 is 21.6 Å². The molecule has 3 rings (SSSR count). The maximum absolute atomic E-state index is 13.0. The number of carbonyl (C=O) groups is 1. The Morgan fingerprint density at radius 1 is 1.03 bits per heavy atom. The van der Waals surface area contributed by atoms with Gasteiger partial charge in [-0.3, -0.25) is 4.79 Å². The molecule has 7 heteroatoms. The molecule has 2 aromatic carbocycles. The molecule has 1 amide bonds. The van der Waals surface area contributed by atoms with Gasteiger partial charge in [-0.2, -0.15) is 4.31 Å². The molecule has 1 saturated heterocycles. The molecule has 1 aliphatic heterocycles. The first-order valence-corrected chi connectivity index (χ1v) is 11.9. The van der Waals surface area contributed by atoms with Crippen LogP contribution in [-0.4, -0.2) is 38.3 Å². The normalized spacial score (nSPS) is 21.2. The van der Waals surface area contributed by atoms with Gasteiger partial charge in [0, 0.05) is 24.8 Å². The minimum atomic E-state index is -3.52. The standard InChI is InChI=1S/C23H31N3O3S/c1-17-13-18(2)16-26(15-17)30(28,29)22-11-9-21(10-12-22)25-23(27)14-24-19(3)20-7-5-4-6-8-20/h4-12,17-19,24H,13-16H2,1-3H3,(H,25,27)/t17-,18-,19-/m0/s1. The molecule has 1 heterocycles. The Hall–Kier alpha value is -2.22. The highest BCUT2D eigenvalue weighted by atomic mass is 32.2. The highest BCUT2D eigenvalue weighted by Gasteiger charge is 2.31. The molecular formula is C23H31N3O3S. The van der Waals surface area contributed by atoms with Crippen molar-refractivity contribution in [3.8, 4) is 0 Å². The Balaban J connectivity index is 1.57. The molecule has 2 N–H and O–H groups in total. The van der Waals surface area contributed by atoms with Crippen LogP contribution < -0.4 is 10.6 Å². The van der Waals surface area contributed by atoms with Crippen molar-refractivity contribution in [2.45, 2.75) is 38.1 Å². The van der Waals surface area contributed by atoms with Crippen molar-refractivity contribution in [2.24, 2.45) is 11.8 Å². The van der Waals surface area contributed by atoms with Gasteiger partial charge in [0.05, 0.1) is 11.4 Å². The molecule has 162 valence electrons. The van der Waals surface area contributed by atoms with Crippen LogP contribution in [0.5, 0.6) is 0 Å². The molecular weight excluding hydrogens is 398 g/mol. The van der Waals surface area contributed by atoms with Gasteiger partial charge in [-0.05, 0) is 55.0 Å². The molecule has 1 aliphatic rings. The third-order valence-electron chi connectivity index (χ3n) is 5.48. The molecule has 0 aromatic heterocycles. The predicted molar refractivity (Wildman–Crippen MR) is 120 cm³/mol. The van der Waals surface area contributed by atoms with Crippen molar-refractivity contribution in [2.75, 3.05) is 25.0 Å². The highest BCUT2D eigenvalue weighted by Crippen LogP contribution is 2.27. The first-order chi connectivity index (χ1) is 14.3. The summed E-state index contributed by atoms with van der Waals surface area (Å²) in [4.78, 5) is 12.5. The number of nitrogens with one attached hydrogen (secondary N) is 2. The zero-order chi connectivity index (χ0) is 21.7. The topological polar surface area (TPSA) is 78.5 Å². The van der Waals surface area contributed by atoms with Crippen LogP contribution in [0.15, 0.2) is 59.5 Å². The van der Waals surface area contributed by atoms with E-state index in [0.29, 0.717) is 30.6 Å². The maximum Gasteiger partial charge on any atom is 0.243 e. The molecule has 0 unspecified atom stereocenters. The molecule has 1 fully saturated rings. The van der Waals surface area contributed by atoms with E-state index in [0.717, 1.165) is 12.0 Å². The number of carbonyl (C=O) groups excluding carboxylic acids is 1. The number of rotatable bonds is 7. The van der Waals surface area contributed by atoms with Crippen LogP contribution >= 0.6 is 0 Å². The summed E-state index contributed by atoms with van der Waals surface area (Å²) < 4.78 is 27.5. The number of nitrogens with zero attached hydrogens (tertiary/aromatic N) is 1. The first kappa shape index (κ1) is 22.5. The Kier molecular flexibility index (Phi) is 7.28. The van der Waals surface area contributed by atoms with Gasteiger partial charge in [-0.25, -0.2) is 8.42 Å². The number of amides is 1. The second kappa shape index (κ2) is 9.73. The van der Waals surface area contributed by atoms with Crippen LogP contribution in [0.3, 0.4) is 0 Å². The summed E-state index contributed by atoms with van der Waals surface area (Å²) in [6.07, 6.45) is 1.05. The summed E-state index contributed by atoms with van der Waals surface area (Å²) in [6, 6.07) is 16.4. The van der Waals surface area contributed by atoms with Gasteiger partial charge >= 0.3 is 0 Å². The van der Waals surface area contributed by atoms with Crippen molar-refractivity contribution in [1.29, 1.82) is 0 Å². The lowest BCUT2D eigenvalue weighted by molar-refractivity contribution is -0.115. The smallest absolute Gasteiger partial charge is 0.243 e. The minimum absolute atomic E-state index is 0.0544. The molecule has 0 bridgehead atoms. The third kappa shape index (κ3) is 5.68. The summed E-state index contributed by atoms with van der Waals surface area (Å²) in [5.74, 6) is 0.535. The van der Waals surface area contributed by atoms with Crippen molar-refractivity contribution in [3.63, 3.8) is 0 Å². The van der Waals surface area contributed by atoms with Crippen LogP contribution in [0, 0.1) is 11.8 Å². The number of hydrogen-bond acceptors (Lipinski definition) is 4. The molecule has 0 spiro atoms. The van der Waals surface area contributed by atoms with E-state index in [1.165, 1.54) is 0 Å². The van der Waals surface area contributed by atoms with Crippen LogP contribution in [0.1, 0.15) is 38.8 Å². The number of hydrogen-bond donors (Lipinski definition) is 2. The van der Waals surface area contributed by atoms with Gasteiger partial charge < -0.3 is 10.6 Å². The fraction of sp³-hybridized carbons (Fsp3) is 0.435. The summed E-state index contributed by atoms with van der Waals surface area (Å²) in [5, 5.41) is 6.00. The lowest BCUT2D eigenvalue weighted by Gasteiger charge is -2.34. The van der Waals surface area contributed by atoms with E-state index in [4.69, 9.17) is 0 Å². The van der Waals surface area contributed by atoms with E-state index >= 15 is 0 Å². The van der Waals surface area contributed by atoms with Crippen molar-refractivity contribution in [3.05, 3.63) is 60.2 Å². The predicted octanol–water partition coefficient (Wildman–Crippen LogP) is 3.64. The van der Waals surface area contributed by atoms with Crippen LogP contribution in [0.2, 0.25) is 0 Å². The number of piperidine rings is 1. The largest absolute Gasteiger partial charge is 0.325 e. The van der Waals surface area contributed by atoms with Gasteiger partial charge in [0.2, 0.25) is 15.9 Å². The quantitative estimate of drug-likeness (QED) is 0.704. The molecule has 6 nitrogen and oxygen atoms in total. The minimum Gasteiger partial charge on any atom is -0.325 e. The number of anilines is 1. The molecule has 0 radical (unpaired) electrons. The molecule has 0 saturated carbocycles. The number of benzene rings is 2. The maximum atomic E-state index is 13.0. The average Bonchev–Trinajstić information content (AvgIpc) is 2.72. The number of sulfonamides is 1. The van der Waals surface area contributed by atoms with E-state index < -0.39 is 10.0 Å². The molecule has 3 atom stereocenters. The Morgan fingerprint density at radius 3 is 2.23 bits per heavy atom. The van der Waals surface area contributed by atoms with E-state index in [9.17, 15) is 13.2 Å². The van der Waals surface area contributed by atoms with E-state index in [1.54, 1.807) is 28.6 Å². The Bertz CT molecular complexity index is 935. The first-order valence-electron chi connectivity index (χ1n) is 10.4. The average molecular weight is 430 g/mol. The van der Waals surface area contributed by atoms with Crippen LogP contribution in [0.4, 0.5) is 5.69 Å². The van der Waals surface area contributed by atoms with Gasteiger partial charge in [0.25, 0.3) is 0 Å². The lowest BCUT2D eigenvalue weighted by Crippen LogP contribution is -2.42. The Labute approximate surface area is 179 Å². The third-order valence-corrected chi connectivity index (χ3v) is 7.33. The monoisotopic (exact) mass is 429 g/mol. The second-order valence-corrected chi connectivity index (χ2v) is 10.3. The molecule has 0 aliphatic carbocycles. The van der Waals surface area contributed by atoms with E-state index in [1.807, 2.05) is 37.3 Å². The second-order valence-electron chi connectivity index (χ2n) is 8.35. The van der Waals surface area contributed by atoms with Crippen molar-refractivity contribution in [1.82, 2.24) is 9.62 Å². The van der Waals surface area contributed by atoms with E-state index in [-0.39, 0.29) is 23.4 Å². The summed E-state index contributed by atoms with van der Waals surface area (Å²) in [5.41, 5.74) is 1.69. The zero-order valence-corrected chi connectivity index (χ0v) is 18.7. The van der Waals surface area contributed by atoms with Gasteiger partial charge in [0.1, 0.15) is 0 Å². The molecule has 2 aromatic rings. The highest BCUT2D eigenvalue weighted by molar-refractivity contribution is 7.89. The lowest BCUT2D eigenvalue weighted by atomic mass is 9.94. The van der Waals surface area contributed by atoms with Crippen LogP contribution in [0.25, 0.3) is 0 Å². The summed E-state index contributed by atoms with van der Waals surface area (Å²) >= 11 is 0. The Morgan fingerprint density at radius 2 is 1.63 bits per heavy atom. The van der Waals surface area contributed by atoms with Gasteiger partial charge in [-0.15, -0.1) is 0 Å². The van der Waals surface area contributed by atoms with Crippen molar-refractivity contribution < 1.29 is 13.2 Å². The fourth-order valence-corrected chi connectivity index (χ4v) is 5.65. The fourth-order valence-electron chi connectivity index (χ4n) is 3.97. The van der Waals surface area contributed by atoms with Crippen LogP contribution in [-0.2, 0) is 14.8 Å². The zero-order valence-electron chi connectivity index (χ0n) is 17.8. The van der Waals surface area contributed by atoms with Gasteiger partial charge in [-0.1, -0.05) is 44.2 Å². The summed E-state index contributed by atoms with van der Waals surface area (Å²) in [7, 11) is -3.52. The molecule has 30 heavy (non-hydrogen) atoms. The SMILES string of the molecule is C[C@H]1C[C@H](C)CN(S(=O)(=O)c2ccc(NC(=O)CN[C@@H](C)c3ccccc3)cc2)C1. The van der Waals surface area contributed by atoms with E-state index in [2.05, 4.69) is 24.5 Å². The summed E-state index contributed by atoms with van der Waals surface area (Å²) in [6.45, 7) is 7.45. The van der Waals surface area contributed by atoms with Gasteiger partial charge in [0.15, 0.2) is 0 Å².